The van der Waals surface area contributed by atoms with E-state index in [4.69, 9.17) is 4.74 Å². The minimum Gasteiger partial charge on any atom is -0.466 e. The lowest BCUT2D eigenvalue weighted by Crippen LogP contribution is -2.45. The Morgan fingerprint density at radius 2 is 0.595 bits per heavy atom. The molecule has 6 nitrogen and oxygen atoms in total. The molecule has 0 aromatic carbocycles. The summed E-state index contributed by atoms with van der Waals surface area (Å²) in [5.41, 5.74) is 0. The van der Waals surface area contributed by atoms with E-state index in [-0.39, 0.29) is 18.5 Å². The molecular formula is C78H151NO5. The maximum absolute atomic E-state index is 12.5. The minimum absolute atomic E-state index is 0.0218. The topological polar surface area (TPSA) is 95.9 Å². The second-order valence-electron chi connectivity index (χ2n) is 26.7. The van der Waals surface area contributed by atoms with Crippen molar-refractivity contribution in [2.24, 2.45) is 0 Å². The molecule has 498 valence electrons. The summed E-state index contributed by atoms with van der Waals surface area (Å²) in [7, 11) is 0. The standard InChI is InChI=1S/C78H151NO5/c1-3-5-7-9-11-13-15-17-19-43-46-50-54-58-62-66-70-76(81)75(74-80)79-77(82)71-67-63-59-55-51-47-44-41-39-37-35-33-31-29-27-25-23-21-20-22-24-26-28-30-32-34-36-38-40-42-45-49-53-57-61-65-69-73-84-78(83)72-68-64-60-56-52-48-18-16-14-12-10-8-6-4-2/h20,22,26,28,75-76,80-81H,3-19,21,23-25,27,29-74H2,1-2H3,(H,79,82)/b22-20-,28-26-. The van der Waals surface area contributed by atoms with Crippen molar-refractivity contribution in [3.8, 4) is 0 Å². The van der Waals surface area contributed by atoms with E-state index in [0.29, 0.717) is 25.9 Å². The summed E-state index contributed by atoms with van der Waals surface area (Å²) in [6.45, 7) is 5.00. The molecule has 0 spiro atoms. The molecule has 0 bridgehead atoms. The fraction of sp³-hybridized carbons (Fsp3) is 0.923. The second kappa shape index (κ2) is 73.8. The molecule has 0 heterocycles. The number of carbonyl (C=O) groups is 2. The lowest BCUT2D eigenvalue weighted by atomic mass is 10.0. The van der Waals surface area contributed by atoms with Crippen LogP contribution in [0.25, 0.3) is 0 Å². The molecule has 2 unspecified atom stereocenters. The summed E-state index contributed by atoms with van der Waals surface area (Å²) in [5, 5.41) is 23.4. The quantitative estimate of drug-likeness (QED) is 0.0320. The van der Waals surface area contributed by atoms with Crippen molar-refractivity contribution in [3.05, 3.63) is 24.3 Å². The molecule has 0 rings (SSSR count). The number of esters is 1. The number of nitrogens with one attached hydrogen (secondary N) is 1. The summed E-state index contributed by atoms with van der Waals surface area (Å²) < 4.78 is 5.50. The van der Waals surface area contributed by atoms with Crippen LogP contribution in [0.3, 0.4) is 0 Å². The maximum Gasteiger partial charge on any atom is 0.305 e. The highest BCUT2D eigenvalue weighted by Gasteiger charge is 2.20. The van der Waals surface area contributed by atoms with Crippen LogP contribution in [-0.2, 0) is 14.3 Å². The van der Waals surface area contributed by atoms with Gasteiger partial charge in [0.2, 0.25) is 5.91 Å². The van der Waals surface area contributed by atoms with Gasteiger partial charge in [-0.3, -0.25) is 9.59 Å². The number of rotatable bonds is 73. The number of hydrogen-bond donors (Lipinski definition) is 3. The molecule has 0 aliphatic carbocycles. The number of ether oxygens (including phenoxy) is 1. The highest BCUT2D eigenvalue weighted by atomic mass is 16.5. The number of unbranched alkanes of at least 4 members (excludes halogenated alkanes) is 58. The fourth-order valence-electron chi connectivity index (χ4n) is 12.4. The van der Waals surface area contributed by atoms with E-state index in [0.717, 1.165) is 44.9 Å². The van der Waals surface area contributed by atoms with Gasteiger partial charge >= 0.3 is 5.97 Å². The first-order valence-electron chi connectivity index (χ1n) is 38.6. The third-order valence-corrected chi connectivity index (χ3v) is 18.3. The number of amides is 1. The smallest absolute Gasteiger partial charge is 0.305 e. The molecule has 0 radical (unpaired) electrons. The Balaban J connectivity index is 3.35. The van der Waals surface area contributed by atoms with Gasteiger partial charge < -0.3 is 20.3 Å². The Kier molecular flexibility index (Phi) is 72.3. The predicted octanol–water partition coefficient (Wildman–Crippen LogP) is 25.3. The van der Waals surface area contributed by atoms with Gasteiger partial charge in [-0.1, -0.05) is 391 Å². The molecule has 0 aliphatic rings. The maximum atomic E-state index is 12.5. The van der Waals surface area contributed by atoms with Crippen LogP contribution in [0.2, 0.25) is 0 Å². The summed E-state index contributed by atoms with van der Waals surface area (Å²) >= 11 is 0. The van der Waals surface area contributed by atoms with Crippen molar-refractivity contribution in [2.75, 3.05) is 13.2 Å². The second-order valence-corrected chi connectivity index (χ2v) is 26.7. The molecule has 0 saturated carbocycles. The fourth-order valence-corrected chi connectivity index (χ4v) is 12.4. The molecule has 0 aromatic rings. The Hall–Kier alpha value is -1.66. The molecule has 3 N–H and O–H groups in total. The Labute approximate surface area is 526 Å². The molecule has 1 amide bonds. The lowest BCUT2D eigenvalue weighted by molar-refractivity contribution is -0.143. The van der Waals surface area contributed by atoms with Crippen LogP contribution in [0.15, 0.2) is 24.3 Å². The highest BCUT2D eigenvalue weighted by Crippen LogP contribution is 2.20. The normalized spacial score (nSPS) is 12.6. The van der Waals surface area contributed by atoms with E-state index < -0.39 is 12.1 Å². The molecule has 84 heavy (non-hydrogen) atoms. The van der Waals surface area contributed by atoms with Crippen LogP contribution in [0.5, 0.6) is 0 Å². The molecule has 0 fully saturated rings. The van der Waals surface area contributed by atoms with Crippen LogP contribution in [0.1, 0.15) is 438 Å². The van der Waals surface area contributed by atoms with E-state index in [2.05, 4.69) is 43.5 Å². The Morgan fingerprint density at radius 1 is 0.333 bits per heavy atom. The average molecular weight is 1180 g/mol. The van der Waals surface area contributed by atoms with E-state index in [1.54, 1.807) is 0 Å². The van der Waals surface area contributed by atoms with Gasteiger partial charge in [-0.25, -0.2) is 0 Å². The summed E-state index contributed by atoms with van der Waals surface area (Å²) in [5.74, 6) is -0.00659. The van der Waals surface area contributed by atoms with Crippen LogP contribution < -0.4 is 5.32 Å². The Bertz CT molecular complexity index is 1320. The summed E-state index contributed by atoms with van der Waals surface area (Å²) in [4.78, 5) is 24.6. The van der Waals surface area contributed by atoms with Crippen LogP contribution in [0, 0.1) is 0 Å². The first-order valence-corrected chi connectivity index (χ1v) is 38.6. The molecular weight excluding hydrogens is 1030 g/mol. The zero-order valence-electron chi connectivity index (χ0n) is 57.2. The van der Waals surface area contributed by atoms with Crippen LogP contribution >= 0.6 is 0 Å². The SMILES string of the molecule is CCCCCCCCCCCCCCCCCCC(O)C(CO)NC(=O)CCCCCCCCCCCCCCCCCCC/C=C\C/C=C\CCCCCCCCCCCCCCCOC(=O)CCCCCCCCCCCCCCCC. The lowest BCUT2D eigenvalue weighted by Gasteiger charge is -2.22. The van der Waals surface area contributed by atoms with Crippen LogP contribution in [0.4, 0.5) is 0 Å². The van der Waals surface area contributed by atoms with Crippen molar-refractivity contribution in [1.29, 1.82) is 0 Å². The van der Waals surface area contributed by atoms with Crippen molar-refractivity contribution in [1.82, 2.24) is 5.32 Å². The molecule has 0 aliphatic heterocycles. The first-order chi connectivity index (χ1) is 41.5. The van der Waals surface area contributed by atoms with Gasteiger partial charge in [0.25, 0.3) is 0 Å². The van der Waals surface area contributed by atoms with Gasteiger partial charge in [-0.2, -0.15) is 0 Å². The average Bonchev–Trinajstić information content (AvgIpc) is 3.52. The third kappa shape index (κ3) is 69.4. The number of carbonyl (C=O) groups excluding carboxylic acids is 2. The van der Waals surface area contributed by atoms with Gasteiger partial charge in [0.1, 0.15) is 0 Å². The van der Waals surface area contributed by atoms with Crippen molar-refractivity contribution in [3.63, 3.8) is 0 Å². The number of aliphatic hydroxyl groups excluding tert-OH is 2. The molecule has 0 aromatic heterocycles. The number of aliphatic hydroxyl groups is 2. The predicted molar refractivity (Wildman–Crippen MR) is 370 cm³/mol. The van der Waals surface area contributed by atoms with Crippen molar-refractivity contribution in [2.45, 2.75) is 450 Å². The number of allylic oxidation sites excluding steroid dienone is 4. The highest BCUT2D eigenvalue weighted by molar-refractivity contribution is 5.76. The Morgan fingerprint density at radius 3 is 0.905 bits per heavy atom. The zero-order valence-corrected chi connectivity index (χ0v) is 57.2. The molecule has 6 heteroatoms. The van der Waals surface area contributed by atoms with Crippen molar-refractivity contribution < 1.29 is 24.5 Å². The largest absolute Gasteiger partial charge is 0.466 e. The van der Waals surface area contributed by atoms with E-state index in [1.165, 1.54) is 360 Å². The van der Waals surface area contributed by atoms with Gasteiger partial charge in [-0.15, -0.1) is 0 Å². The van der Waals surface area contributed by atoms with E-state index >= 15 is 0 Å². The minimum atomic E-state index is -0.662. The van der Waals surface area contributed by atoms with Gasteiger partial charge in [0.05, 0.1) is 25.4 Å². The van der Waals surface area contributed by atoms with Crippen molar-refractivity contribution >= 4 is 11.9 Å². The number of hydrogen-bond acceptors (Lipinski definition) is 5. The van der Waals surface area contributed by atoms with Gasteiger partial charge in [0, 0.05) is 12.8 Å². The molecule has 0 saturated heterocycles. The summed E-state index contributed by atoms with van der Waals surface area (Å²) in [6.07, 6.45) is 94.1. The molecule has 2 atom stereocenters. The van der Waals surface area contributed by atoms with E-state index in [9.17, 15) is 19.8 Å². The monoisotopic (exact) mass is 1180 g/mol. The van der Waals surface area contributed by atoms with E-state index in [1.807, 2.05) is 0 Å². The van der Waals surface area contributed by atoms with Gasteiger partial charge in [0.15, 0.2) is 0 Å². The summed E-state index contributed by atoms with van der Waals surface area (Å²) in [6, 6.07) is -0.539. The van der Waals surface area contributed by atoms with Crippen LogP contribution in [-0.4, -0.2) is 47.4 Å². The first kappa shape index (κ1) is 82.3. The third-order valence-electron chi connectivity index (χ3n) is 18.3. The van der Waals surface area contributed by atoms with Gasteiger partial charge in [-0.05, 0) is 57.8 Å². The zero-order chi connectivity index (χ0) is 60.6.